The lowest BCUT2D eigenvalue weighted by atomic mass is 9.99. The number of carbonyl (C=O) groups excluding carboxylic acids is 1. The summed E-state index contributed by atoms with van der Waals surface area (Å²) >= 11 is 0. The van der Waals surface area contributed by atoms with Crippen LogP contribution < -0.4 is 5.32 Å². The summed E-state index contributed by atoms with van der Waals surface area (Å²) < 4.78 is 13.6. The number of aromatic nitrogens is 1. The van der Waals surface area contributed by atoms with Gasteiger partial charge in [-0.05, 0) is 73.9 Å². The molecule has 0 aliphatic heterocycles. The molecule has 1 atom stereocenters. The van der Waals surface area contributed by atoms with Gasteiger partial charge in [-0.3, -0.25) is 9.78 Å². The standard InChI is InChI=1S/C26H33FN2O/c1-3-4-5-13-23(24-15-7-16-25(27)19-24)14-8-17-26(30)29-21(2)10-6-11-22-12-9-18-28-20-22/h7-9,12,14-21H,3-6,10-11,13H2,1-2H3,(H,29,30)/b17-8+,23-14+/t21-/m1/s1. The molecule has 1 N–H and O–H groups in total. The predicted octanol–water partition coefficient (Wildman–Crippen LogP) is 6.27. The summed E-state index contributed by atoms with van der Waals surface area (Å²) in [7, 11) is 0. The number of unbranched alkanes of at least 4 members (excludes halogenated alkanes) is 2. The van der Waals surface area contributed by atoms with E-state index < -0.39 is 0 Å². The first-order valence-electron chi connectivity index (χ1n) is 10.9. The van der Waals surface area contributed by atoms with E-state index in [9.17, 15) is 9.18 Å². The van der Waals surface area contributed by atoms with Gasteiger partial charge in [0.2, 0.25) is 5.91 Å². The summed E-state index contributed by atoms with van der Waals surface area (Å²) in [5, 5.41) is 3.01. The van der Waals surface area contributed by atoms with Crippen molar-refractivity contribution in [1.82, 2.24) is 10.3 Å². The van der Waals surface area contributed by atoms with Crippen LogP contribution in [0.4, 0.5) is 4.39 Å². The Kier molecular flexibility index (Phi) is 10.6. The molecule has 4 heteroatoms. The molecule has 1 amide bonds. The Morgan fingerprint density at radius 1 is 1.20 bits per heavy atom. The Morgan fingerprint density at radius 3 is 2.80 bits per heavy atom. The number of rotatable bonds is 12. The summed E-state index contributed by atoms with van der Waals surface area (Å²) in [6.45, 7) is 4.18. The van der Waals surface area contributed by atoms with Crippen molar-refractivity contribution in [3.8, 4) is 0 Å². The molecule has 160 valence electrons. The zero-order chi connectivity index (χ0) is 21.6. The van der Waals surface area contributed by atoms with Gasteiger partial charge in [0.15, 0.2) is 0 Å². The molecule has 0 spiro atoms. The number of nitrogens with zero attached hydrogens (tertiary/aromatic N) is 1. The van der Waals surface area contributed by atoms with Crippen molar-refractivity contribution in [2.75, 3.05) is 0 Å². The van der Waals surface area contributed by atoms with Gasteiger partial charge in [-0.25, -0.2) is 4.39 Å². The van der Waals surface area contributed by atoms with E-state index in [2.05, 4.69) is 23.3 Å². The predicted molar refractivity (Wildman–Crippen MR) is 122 cm³/mol. The largest absolute Gasteiger partial charge is 0.350 e. The van der Waals surface area contributed by atoms with Crippen molar-refractivity contribution < 1.29 is 9.18 Å². The van der Waals surface area contributed by atoms with Gasteiger partial charge in [-0.15, -0.1) is 0 Å². The molecule has 0 aliphatic rings. The Hall–Kier alpha value is -2.75. The molecule has 0 fully saturated rings. The molecule has 0 bridgehead atoms. The Labute approximate surface area is 180 Å². The van der Waals surface area contributed by atoms with E-state index in [0.29, 0.717) is 0 Å². The highest BCUT2D eigenvalue weighted by Gasteiger charge is 2.05. The minimum atomic E-state index is -0.240. The third-order valence-corrected chi connectivity index (χ3v) is 5.00. The fourth-order valence-corrected chi connectivity index (χ4v) is 3.35. The number of carbonyl (C=O) groups is 1. The van der Waals surface area contributed by atoms with Crippen LogP contribution in [-0.2, 0) is 11.2 Å². The summed E-state index contributed by atoms with van der Waals surface area (Å²) in [5.41, 5.74) is 3.14. The van der Waals surface area contributed by atoms with Crippen molar-refractivity contribution in [3.05, 3.63) is 84.0 Å². The van der Waals surface area contributed by atoms with Crippen LogP contribution in [0.2, 0.25) is 0 Å². The average molecular weight is 409 g/mol. The van der Waals surface area contributed by atoms with Gasteiger partial charge in [0.05, 0.1) is 0 Å². The average Bonchev–Trinajstić information content (AvgIpc) is 2.73. The number of hydrogen-bond acceptors (Lipinski definition) is 2. The molecule has 0 radical (unpaired) electrons. The molecule has 30 heavy (non-hydrogen) atoms. The third kappa shape index (κ3) is 9.17. The molecule has 1 heterocycles. The maximum absolute atomic E-state index is 13.6. The van der Waals surface area contributed by atoms with Crippen LogP contribution in [0.15, 0.2) is 67.0 Å². The van der Waals surface area contributed by atoms with Crippen LogP contribution in [0.1, 0.15) is 63.5 Å². The molecule has 0 saturated carbocycles. The second-order valence-corrected chi connectivity index (χ2v) is 7.68. The quantitative estimate of drug-likeness (QED) is 0.255. The number of hydrogen-bond donors (Lipinski definition) is 1. The molecule has 3 nitrogen and oxygen atoms in total. The minimum Gasteiger partial charge on any atom is -0.350 e. The van der Waals surface area contributed by atoms with Gasteiger partial charge in [-0.2, -0.15) is 0 Å². The van der Waals surface area contributed by atoms with Gasteiger partial charge >= 0.3 is 0 Å². The van der Waals surface area contributed by atoms with Gasteiger partial charge < -0.3 is 5.32 Å². The van der Waals surface area contributed by atoms with Crippen LogP contribution in [0.25, 0.3) is 5.57 Å². The molecule has 0 saturated heterocycles. The molecule has 0 aliphatic carbocycles. The lowest BCUT2D eigenvalue weighted by Crippen LogP contribution is -2.31. The van der Waals surface area contributed by atoms with E-state index in [0.717, 1.165) is 56.1 Å². The Balaban J connectivity index is 1.85. The first-order valence-corrected chi connectivity index (χ1v) is 10.9. The normalized spacial score (nSPS) is 12.8. The van der Waals surface area contributed by atoms with Gasteiger partial charge in [0, 0.05) is 24.5 Å². The lowest BCUT2D eigenvalue weighted by molar-refractivity contribution is -0.117. The first-order chi connectivity index (χ1) is 14.6. The number of nitrogens with one attached hydrogen (secondary N) is 1. The van der Waals surface area contributed by atoms with Crippen molar-refractivity contribution in [1.29, 1.82) is 0 Å². The second kappa shape index (κ2) is 13.5. The molecule has 1 aromatic heterocycles. The van der Waals surface area contributed by atoms with Crippen molar-refractivity contribution in [3.63, 3.8) is 0 Å². The first kappa shape index (κ1) is 23.5. The summed E-state index contributed by atoms with van der Waals surface area (Å²) in [6, 6.07) is 10.8. The minimum absolute atomic E-state index is 0.104. The van der Waals surface area contributed by atoms with Crippen LogP contribution >= 0.6 is 0 Å². The monoisotopic (exact) mass is 408 g/mol. The Bertz CT molecular complexity index is 830. The number of aryl methyl sites for hydroxylation is 1. The SMILES string of the molecule is CCCCC/C(=C\C=C\C(=O)N[C@H](C)CCCc1cccnc1)c1cccc(F)c1. The molecule has 2 rings (SSSR count). The summed E-state index contributed by atoms with van der Waals surface area (Å²) in [4.78, 5) is 16.3. The van der Waals surface area contributed by atoms with Crippen LogP contribution in [0.5, 0.6) is 0 Å². The van der Waals surface area contributed by atoms with Crippen LogP contribution in [-0.4, -0.2) is 16.9 Å². The zero-order valence-electron chi connectivity index (χ0n) is 18.1. The maximum Gasteiger partial charge on any atom is 0.244 e. The molecular formula is C26H33FN2O. The third-order valence-electron chi connectivity index (χ3n) is 5.00. The fraction of sp³-hybridized carbons (Fsp3) is 0.385. The molecule has 0 unspecified atom stereocenters. The van der Waals surface area contributed by atoms with Crippen molar-refractivity contribution in [2.24, 2.45) is 0 Å². The van der Waals surface area contributed by atoms with Crippen molar-refractivity contribution >= 4 is 11.5 Å². The van der Waals surface area contributed by atoms with E-state index in [1.165, 1.54) is 11.6 Å². The Morgan fingerprint density at radius 2 is 2.07 bits per heavy atom. The van der Waals surface area contributed by atoms with E-state index in [-0.39, 0.29) is 17.8 Å². The highest BCUT2D eigenvalue weighted by molar-refractivity contribution is 5.88. The highest BCUT2D eigenvalue weighted by atomic mass is 19.1. The smallest absolute Gasteiger partial charge is 0.244 e. The van der Waals surface area contributed by atoms with Crippen LogP contribution in [0.3, 0.4) is 0 Å². The van der Waals surface area contributed by atoms with Crippen molar-refractivity contribution in [2.45, 2.75) is 64.8 Å². The van der Waals surface area contributed by atoms with E-state index >= 15 is 0 Å². The van der Waals surface area contributed by atoms with E-state index in [1.807, 2.05) is 31.3 Å². The van der Waals surface area contributed by atoms with Gasteiger partial charge in [0.25, 0.3) is 0 Å². The maximum atomic E-state index is 13.6. The number of allylic oxidation sites excluding steroid dienone is 3. The molecular weight excluding hydrogens is 375 g/mol. The highest BCUT2D eigenvalue weighted by Crippen LogP contribution is 2.22. The van der Waals surface area contributed by atoms with Gasteiger partial charge in [-0.1, -0.05) is 50.1 Å². The number of amides is 1. The summed E-state index contributed by atoms with van der Waals surface area (Å²) in [5.74, 6) is -0.344. The topological polar surface area (TPSA) is 42.0 Å². The lowest BCUT2D eigenvalue weighted by Gasteiger charge is -2.12. The number of halogens is 1. The summed E-state index contributed by atoms with van der Waals surface area (Å²) in [6.07, 6.45) is 16.0. The van der Waals surface area contributed by atoms with Crippen LogP contribution in [0, 0.1) is 5.82 Å². The van der Waals surface area contributed by atoms with E-state index in [4.69, 9.17) is 0 Å². The zero-order valence-corrected chi connectivity index (χ0v) is 18.1. The van der Waals surface area contributed by atoms with Gasteiger partial charge in [0.1, 0.15) is 5.82 Å². The fourth-order valence-electron chi connectivity index (χ4n) is 3.35. The second-order valence-electron chi connectivity index (χ2n) is 7.68. The molecule has 2 aromatic rings. The molecule has 1 aromatic carbocycles. The number of benzene rings is 1. The number of pyridine rings is 1. The van der Waals surface area contributed by atoms with E-state index in [1.54, 1.807) is 30.5 Å².